The van der Waals surface area contributed by atoms with Crippen LogP contribution in [0.25, 0.3) is 0 Å². The fourth-order valence-electron chi connectivity index (χ4n) is 1.34. The molecule has 0 aliphatic rings. The summed E-state index contributed by atoms with van der Waals surface area (Å²) in [7, 11) is 0. The summed E-state index contributed by atoms with van der Waals surface area (Å²) < 4.78 is 6.74. The minimum atomic E-state index is 0.268. The van der Waals surface area contributed by atoms with Crippen molar-refractivity contribution in [2.45, 2.75) is 13.5 Å². The summed E-state index contributed by atoms with van der Waals surface area (Å²) in [5.74, 6) is 0.995. The second kappa shape index (κ2) is 4.89. The molecule has 16 heavy (non-hydrogen) atoms. The molecule has 0 amide bonds. The normalized spacial score (nSPS) is 10.4. The lowest BCUT2D eigenvalue weighted by Crippen LogP contribution is -1.94. The highest BCUT2D eigenvalue weighted by molar-refractivity contribution is 9.11. The Hall–Kier alpha value is -1.000. The third-order valence-electron chi connectivity index (χ3n) is 2.25. The summed E-state index contributed by atoms with van der Waals surface area (Å²) in [6, 6.07) is 9.31. The number of rotatable bonds is 3. The minimum Gasteiger partial charge on any atom is -0.508 e. The van der Waals surface area contributed by atoms with Crippen LogP contribution in [0, 0.1) is 6.92 Å². The maximum atomic E-state index is 9.52. The standard InChI is InChI=1S/C12H11BrO2S/c1-8-10(14)3-2-4-11(8)15-7-9-5-6-12(13)16-9/h2-6,14H,7H2,1H3. The zero-order valence-corrected chi connectivity index (χ0v) is 11.1. The molecule has 1 heterocycles. The van der Waals surface area contributed by atoms with Gasteiger partial charge in [-0.2, -0.15) is 0 Å². The van der Waals surface area contributed by atoms with Crippen LogP contribution < -0.4 is 4.74 Å². The summed E-state index contributed by atoms with van der Waals surface area (Å²) in [6.45, 7) is 2.37. The van der Waals surface area contributed by atoms with E-state index in [4.69, 9.17) is 4.74 Å². The molecule has 0 radical (unpaired) electrons. The van der Waals surface area contributed by atoms with Gasteiger partial charge in [0, 0.05) is 10.4 Å². The van der Waals surface area contributed by atoms with E-state index in [2.05, 4.69) is 15.9 Å². The van der Waals surface area contributed by atoms with Gasteiger partial charge in [-0.25, -0.2) is 0 Å². The Morgan fingerprint density at radius 2 is 2.12 bits per heavy atom. The van der Waals surface area contributed by atoms with Gasteiger partial charge in [-0.3, -0.25) is 0 Å². The van der Waals surface area contributed by atoms with Crippen molar-refractivity contribution in [3.8, 4) is 11.5 Å². The first-order valence-electron chi connectivity index (χ1n) is 4.82. The van der Waals surface area contributed by atoms with Gasteiger partial charge in [0.2, 0.25) is 0 Å². The van der Waals surface area contributed by atoms with E-state index >= 15 is 0 Å². The van der Waals surface area contributed by atoms with Crippen LogP contribution in [0.4, 0.5) is 0 Å². The van der Waals surface area contributed by atoms with Gasteiger partial charge in [0.25, 0.3) is 0 Å². The van der Waals surface area contributed by atoms with Crippen molar-refractivity contribution >= 4 is 27.3 Å². The molecular formula is C12H11BrO2S. The number of phenolic OH excluding ortho intramolecular Hbond substituents is 1. The van der Waals surface area contributed by atoms with Crippen molar-refractivity contribution < 1.29 is 9.84 Å². The molecule has 0 spiro atoms. The molecule has 0 unspecified atom stereocenters. The van der Waals surface area contributed by atoms with Crippen molar-refractivity contribution in [1.29, 1.82) is 0 Å². The number of aromatic hydroxyl groups is 1. The number of hydrogen-bond acceptors (Lipinski definition) is 3. The molecule has 2 aromatic rings. The Balaban J connectivity index is 2.07. The molecular weight excluding hydrogens is 288 g/mol. The Kier molecular flexibility index (Phi) is 3.51. The number of phenols is 1. The summed E-state index contributed by atoms with van der Waals surface area (Å²) in [4.78, 5) is 1.15. The Morgan fingerprint density at radius 1 is 1.31 bits per heavy atom. The number of halogens is 1. The van der Waals surface area contributed by atoms with Gasteiger partial charge in [0.05, 0.1) is 3.79 Å². The molecule has 2 rings (SSSR count). The summed E-state index contributed by atoms with van der Waals surface area (Å²) in [5, 5.41) is 9.52. The number of thiophene rings is 1. The summed E-state index contributed by atoms with van der Waals surface area (Å²) in [6.07, 6.45) is 0. The molecule has 0 fully saturated rings. The zero-order chi connectivity index (χ0) is 11.5. The summed E-state index contributed by atoms with van der Waals surface area (Å²) >= 11 is 5.05. The first-order chi connectivity index (χ1) is 7.66. The van der Waals surface area contributed by atoms with E-state index in [0.717, 1.165) is 20.0 Å². The number of hydrogen-bond donors (Lipinski definition) is 1. The van der Waals surface area contributed by atoms with Gasteiger partial charge < -0.3 is 9.84 Å². The molecule has 0 atom stereocenters. The average Bonchev–Trinajstić information content (AvgIpc) is 2.67. The molecule has 1 aromatic heterocycles. The van der Waals surface area contributed by atoms with E-state index < -0.39 is 0 Å². The van der Waals surface area contributed by atoms with E-state index in [9.17, 15) is 5.11 Å². The highest BCUT2D eigenvalue weighted by Gasteiger charge is 2.04. The summed E-state index contributed by atoms with van der Waals surface area (Å²) in [5.41, 5.74) is 0.776. The molecule has 84 valence electrons. The van der Waals surface area contributed by atoms with Crippen LogP contribution in [-0.4, -0.2) is 5.11 Å². The predicted octanol–water partition coefficient (Wildman–Crippen LogP) is 4.10. The van der Waals surface area contributed by atoms with E-state index in [1.165, 1.54) is 0 Å². The van der Waals surface area contributed by atoms with E-state index in [1.54, 1.807) is 23.5 Å². The first kappa shape index (κ1) is 11.5. The second-order valence-corrected chi connectivity index (χ2v) is 5.94. The van der Waals surface area contributed by atoms with Crippen molar-refractivity contribution in [3.05, 3.63) is 44.6 Å². The molecule has 0 saturated carbocycles. The van der Waals surface area contributed by atoms with Gasteiger partial charge in [0.1, 0.15) is 18.1 Å². The van der Waals surface area contributed by atoms with Crippen LogP contribution in [0.3, 0.4) is 0 Å². The van der Waals surface area contributed by atoms with Crippen molar-refractivity contribution in [3.63, 3.8) is 0 Å². The smallest absolute Gasteiger partial charge is 0.126 e. The molecule has 0 aliphatic heterocycles. The van der Waals surface area contributed by atoms with Gasteiger partial charge >= 0.3 is 0 Å². The lowest BCUT2D eigenvalue weighted by Gasteiger charge is -2.08. The second-order valence-electron chi connectivity index (χ2n) is 3.39. The fourth-order valence-corrected chi connectivity index (χ4v) is 2.73. The van der Waals surface area contributed by atoms with Gasteiger partial charge in [-0.05, 0) is 47.1 Å². The molecule has 1 aromatic carbocycles. The van der Waals surface area contributed by atoms with E-state index in [0.29, 0.717) is 6.61 Å². The molecule has 1 N–H and O–H groups in total. The third-order valence-corrected chi connectivity index (χ3v) is 3.85. The largest absolute Gasteiger partial charge is 0.508 e. The first-order valence-corrected chi connectivity index (χ1v) is 6.43. The quantitative estimate of drug-likeness (QED) is 0.924. The van der Waals surface area contributed by atoms with Crippen LogP contribution in [-0.2, 0) is 6.61 Å². The van der Waals surface area contributed by atoms with Crippen molar-refractivity contribution in [1.82, 2.24) is 0 Å². The number of benzene rings is 1. The topological polar surface area (TPSA) is 29.5 Å². The van der Waals surface area contributed by atoms with Crippen LogP contribution in [0.1, 0.15) is 10.4 Å². The van der Waals surface area contributed by atoms with Gasteiger partial charge in [0.15, 0.2) is 0 Å². The van der Waals surface area contributed by atoms with Crippen molar-refractivity contribution in [2.75, 3.05) is 0 Å². The van der Waals surface area contributed by atoms with Gasteiger partial charge in [-0.15, -0.1) is 11.3 Å². The highest BCUT2D eigenvalue weighted by Crippen LogP contribution is 2.28. The third kappa shape index (κ3) is 2.57. The molecule has 0 saturated heterocycles. The van der Waals surface area contributed by atoms with Crippen molar-refractivity contribution in [2.24, 2.45) is 0 Å². The van der Waals surface area contributed by atoms with E-state index in [1.807, 2.05) is 25.1 Å². The monoisotopic (exact) mass is 298 g/mol. The molecule has 0 aliphatic carbocycles. The molecule has 2 nitrogen and oxygen atoms in total. The Morgan fingerprint density at radius 3 is 2.81 bits per heavy atom. The average molecular weight is 299 g/mol. The maximum absolute atomic E-state index is 9.52. The highest BCUT2D eigenvalue weighted by atomic mass is 79.9. The number of ether oxygens (including phenoxy) is 1. The Labute approximate surface area is 107 Å². The predicted molar refractivity (Wildman–Crippen MR) is 69.2 cm³/mol. The molecule has 0 bridgehead atoms. The molecule has 4 heteroatoms. The van der Waals surface area contributed by atoms with Crippen LogP contribution in [0.5, 0.6) is 11.5 Å². The zero-order valence-electron chi connectivity index (χ0n) is 8.74. The maximum Gasteiger partial charge on any atom is 0.126 e. The van der Waals surface area contributed by atoms with E-state index in [-0.39, 0.29) is 5.75 Å². The van der Waals surface area contributed by atoms with Crippen LogP contribution >= 0.6 is 27.3 Å². The minimum absolute atomic E-state index is 0.268. The van der Waals surface area contributed by atoms with Crippen LogP contribution in [0.2, 0.25) is 0 Å². The lowest BCUT2D eigenvalue weighted by atomic mass is 10.2. The van der Waals surface area contributed by atoms with Gasteiger partial charge in [-0.1, -0.05) is 6.07 Å². The SMILES string of the molecule is Cc1c(O)cccc1OCc1ccc(Br)s1. The fraction of sp³-hybridized carbons (Fsp3) is 0.167. The lowest BCUT2D eigenvalue weighted by molar-refractivity contribution is 0.305. The van der Waals surface area contributed by atoms with Crippen LogP contribution in [0.15, 0.2) is 34.1 Å². The Bertz CT molecular complexity index is 494.